The van der Waals surface area contributed by atoms with Gasteiger partial charge in [-0.1, -0.05) is 42.5 Å². The minimum absolute atomic E-state index is 0.0379. The summed E-state index contributed by atoms with van der Waals surface area (Å²) in [7, 11) is 0. The van der Waals surface area contributed by atoms with Crippen molar-refractivity contribution in [2.75, 3.05) is 0 Å². The van der Waals surface area contributed by atoms with Crippen molar-refractivity contribution in [1.29, 1.82) is 0 Å². The van der Waals surface area contributed by atoms with E-state index < -0.39 is 0 Å². The molecule has 5 aromatic rings. The summed E-state index contributed by atoms with van der Waals surface area (Å²) in [4.78, 5) is 11.2. The van der Waals surface area contributed by atoms with Crippen LogP contribution in [0.1, 0.15) is 29.0 Å². The highest BCUT2D eigenvalue weighted by molar-refractivity contribution is 7.80. The molecule has 0 saturated carbocycles. The Morgan fingerprint density at radius 3 is 2.56 bits per heavy atom. The van der Waals surface area contributed by atoms with Gasteiger partial charge in [-0.3, -0.25) is 9.97 Å². The topological polar surface area (TPSA) is 46.0 Å². The minimum Gasteiger partial charge on any atom is -0.352 e. The first-order chi connectivity index (χ1) is 16.8. The highest BCUT2D eigenvalue weighted by Crippen LogP contribution is 2.40. The molecule has 1 N–H and O–H groups in total. The van der Waals surface area contributed by atoms with E-state index in [2.05, 4.69) is 97.7 Å². The molecule has 4 heterocycles. The SMILES string of the molecule is S=C1N[C@@H](c2ccccn2)[C@H](c2cccn2-c2ccc3ccccc3c2)N1Cc1cccnc1. The summed E-state index contributed by atoms with van der Waals surface area (Å²) < 4.78 is 2.26. The van der Waals surface area contributed by atoms with Crippen LogP contribution in [0, 0.1) is 0 Å². The molecule has 1 aliphatic heterocycles. The van der Waals surface area contributed by atoms with E-state index in [1.165, 1.54) is 10.8 Å². The van der Waals surface area contributed by atoms with Crippen molar-refractivity contribution < 1.29 is 0 Å². The molecule has 0 radical (unpaired) electrons. The van der Waals surface area contributed by atoms with E-state index in [9.17, 15) is 0 Å². The van der Waals surface area contributed by atoms with Crippen LogP contribution >= 0.6 is 12.2 Å². The van der Waals surface area contributed by atoms with Crippen molar-refractivity contribution >= 4 is 28.1 Å². The molecule has 2 atom stereocenters. The second kappa shape index (κ2) is 8.72. The normalized spacial score (nSPS) is 17.8. The molecule has 6 rings (SSSR count). The van der Waals surface area contributed by atoms with E-state index in [0.29, 0.717) is 6.54 Å². The van der Waals surface area contributed by atoms with E-state index in [-0.39, 0.29) is 12.1 Å². The lowest BCUT2D eigenvalue weighted by atomic mass is 10.0. The molecule has 1 fully saturated rings. The van der Waals surface area contributed by atoms with E-state index in [4.69, 9.17) is 12.2 Å². The first-order valence-corrected chi connectivity index (χ1v) is 11.7. The fourth-order valence-corrected chi connectivity index (χ4v) is 5.09. The van der Waals surface area contributed by atoms with Gasteiger partial charge in [0, 0.05) is 42.7 Å². The number of nitrogens with one attached hydrogen (secondary N) is 1. The van der Waals surface area contributed by atoms with Crippen molar-refractivity contribution in [3.63, 3.8) is 0 Å². The van der Waals surface area contributed by atoms with Gasteiger partial charge in [0.15, 0.2) is 5.11 Å². The Balaban J connectivity index is 1.46. The molecule has 166 valence electrons. The molecule has 0 aliphatic carbocycles. The number of thiocarbonyl (C=S) groups is 1. The van der Waals surface area contributed by atoms with Gasteiger partial charge in [-0.05, 0) is 71.0 Å². The van der Waals surface area contributed by atoms with Crippen LogP contribution in [-0.2, 0) is 6.54 Å². The maximum Gasteiger partial charge on any atom is 0.170 e. The van der Waals surface area contributed by atoms with Gasteiger partial charge in [-0.2, -0.15) is 0 Å². The molecular weight excluding hydrogens is 438 g/mol. The average molecular weight is 462 g/mol. The zero-order valence-electron chi connectivity index (χ0n) is 18.5. The monoisotopic (exact) mass is 461 g/mol. The zero-order chi connectivity index (χ0) is 22.9. The molecule has 1 aliphatic rings. The summed E-state index contributed by atoms with van der Waals surface area (Å²) in [5.74, 6) is 0. The van der Waals surface area contributed by atoms with Crippen LogP contribution in [0.3, 0.4) is 0 Å². The molecular formula is C28H23N5S. The van der Waals surface area contributed by atoms with Gasteiger partial charge < -0.3 is 14.8 Å². The lowest BCUT2D eigenvalue weighted by Gasteiger charge is -2.29. The molecule has 0 spiro atoms. The van der Waals surface area contributed by atoms with Crippen molar-refractivity contribution in [3.05, 3.63) is 127 Å². The van der Waals surface area contributed by atoms with Gasteiger partial charge in [-0.15, -0.1) is 0 Å². The molecule has 0 amide bonds. The van der Waals surface area contributed by atoms with Crippen LogP contribution in [0.2, 0.25) is 0 Å². The second-order valence-electron chi connectivity index (χ2n) is 8.45. The summed E-state index contributed by atoms with van der Waals surface area (Å²) >= 11 is 5.85. The van der Waals surface area contributed by atoms with Crippen molar-refractivity contribution in [2.24, 2.45) is 0 Å². The standard InChI is InChI=1S/C28H23N5S/c34-28-31-26(24-10-3-4-15-30-24)27(33(28)19-20-7-5-14-29-18-20)25-11-6-16-32(25)23-13-12-21-8-1-2-9-22(21)17-23/h1-18,26-27H,19H2,(H,31,34)/t26-,27-/m0/s1. The minimum atomic E-state index is -0.0699. The summed E-state index contributed by atoms with van der Waals surface area (Å²) in [6.07, 6.45) is 7.65. The number of benzene rings is 2. The van der Waals surface area contributed by atoms with Crippen LogP contribution in [0.4, 0.5) is 0 Å². The number of nitrogens with zero attached hydrogens (tertiary/aromatic N) is 4. The first kappa shape index (κ1) is 20.6. The fourth-order valence-electron chi connectivity index (χ4n) is 4.78. The van der Waals surface area contributed by atoms with Crippen molar-refractivity contribution in [3.8, 4) is 5.69 Å². The Hall–Kier alpha value is -4.03. The molecule has 34 heavy (non-hydrogen) atoms. The predicted octanol–water partition coefficient (Wildman–Crippen LogP) is 5.59. The Morgan fingerprint density at radius 1 is 0.853 bits per heavy atom. The maximum absolute atomic E-state index is 5.85. The molecule has 6 heteroatoms. The Labute approximate surface area is 203 Å². The van der Waals surface area contributed by atoms with Gasteiger partial charge in [0.2, 0.25) is 0 Å². The third-order valence-electron chi connectivity index (χ3n) is 6.37. The van der Waals surface area contributed by atoms with Crippen molar-refractivity contribution in [1.82, 2.24) is 24.8 Å². The van der Waals surface area contributed by atoms with Gasteiger partial charge in [0.25, 0.3) is 0 Å². The maximum atomic E-state index is 5.85. The quantitative estimate of drug-likeness (QED) is 0.346. The summed E-state index contributed by atoms with van der Waals surface area (Å²) in [5, 5.41) is 6.71. The molecule has 3 aromatic heterocycles. The number of pyridine rings is 2. The van der Waals surface area contributed by atoms with Crippen LogP contribution in [0.5, 0.6) is 0 Å². The number of hydrogen-bond donors (Lipinski definition) is 1. The van der Waals surface area contributed by atoms with Gasteiger partial charge in [0.05, 0.1) is 17.8 Å². The Kier molecular flexibility index (Phi) is 5.28. The number of aromatic nitrogens is 3. The fraction of sp³-hybridized carbons (Fsp3) is 0.107. The highest BCUT2D eigenvalue weighted by atomic mass is 32.1. The lowest BCUT2D eigenvalue weighted by molar-refractivity contribution is 0.302. The summed E-state index contributed by atoms with van der Waals surface area (Å²) in [6, 6.07) is 29.3. The van der Waals surface area contributed by atoms with E-state index in [0.717, 1.165) is 27.8 Å². The number of rotatable bonds is 5. The van der Waals surface area contributed by atoms with E-state index in [1.807, 2.05) is 30.6 Å². The first-order valence-electron chi connectivity index (χ1n) is 11.3. The van der Waals surface area contributed by atoms with Crippen LogP contribution in [-0.4, -0.2) is 24.5 Å². The number of hydrogen-bond acceptors (Lipinski definition) is 3. The zero-order valence-corrected chi connectivity index (χ0v) is 19.3. The second-order valence-corrected chi connectivity index (χ2v) is 8.84. The summed E-state index contributed by atoms with van der Waals surface area (Å²) in [6.45, 7) is 0.663. The molecule has 2 aromatic carbocycles. The smallest absolute Gasteiger partial charge is 0.170 e. The van der Waals surface area contributed by atoms with Gasteiger partial charge >= 0.3 is 0 Å². The summed E-state index contributed by atoms with van der Waals surface area (Å²) in [5.41, 5.74) is 4.36. The Bertz CT molecular complexity index is 1450. The average Bonchev–Trinajstić information content (AvgIpc) is 3.49. The third kappa shape index (κ3) is 3.72. The highest BCUT2D eigenvalue weighted by Gasteiger charge is 2.41. The van der Waals surface area contributed by atoms with E-state index >= 15 is 0 Å². The van der Waals surface area contributed by atoms with Gasteiger partial charge in [0.1, 0.15) is 0 Å². The van der Waals surface area contributed by atoms with Crippen molar-refractivity contribution in [2.45, 2.75) is 18.6 Å². The number of fused-ring (bicyclic) bond motifs is 1. The lowest BCUT2D eigenvalue weighted by Crippen LogP contribution is -2.30. The Morgan fingerprint density at radius 2 is 1.74 bits per heavy atom. The molecule has 5 nitrogen and oxygen atoms in total. The molecule has 1 saturated heterocycles. The van der Waals surface area contributed by atoms with Gasteiger partial charge in [-0.25, -0.2) is 0 Å². The molecule has 0 unspecified atom stereocenters. The predicted molar refractivity (Wildman–Crippen MR) is 139 cm³/mol. The van der Waals surface area contributed by atoms with Crippen LogP contribution in [0.15, 0.2) is 110 Å². The third-order valence-corrected chi connectivity index (χ3v) is 6.72. The van der Waals surface area contributed by atoms with Crippen LogP contribution in [0.25, 0.3) is 16.5 Å². The van der Waals surface area contributed by atoms with Crippen LogP contribution < -0.4 is 5.32 Å². The largest absolute Gasteiger partial charge is 0.352 e. The van der Waals surface area contributed by atoms with E-state index in [1.54, 1.807) is 6.20 Å². The molecule has 0 bridgehead atoms.